The van der Waals surface area contributed by atoms with Crippen LogP contribution >= 0.6 is 11.6 Å². The number of nitrogens with one attached hydrogen (secondary N) is 1. The molecule has 0 bridgehead atoms. The van der Waals surface area contributed by atoms with E-state index in [0.29, 0.717) is 34.9 Å². The van der Waals surface area contributed by atoms with Gasteiger partial charge in [-0.2, -0.15) is 0 Å². The number of hydrogen-bond donors (Lipinski definition) is 1. The van der Waals surface area contributed by atoms with Gasteiger partial charge in [0.05, 0.1) is 17.1 Å². The molecule has 0 atom stereocenters. The molecule has 4 rings (SSSR count). The highest BCUT2D eigenvalue weighted by Gasteiger charge is 2.27. The average Bonchev–Trinajstić information content (AvgIpc) is 2.77. The van der Waals surface area contributed by atoms with Crippen LogP contribution in [0.3, 0.4) is 0 Å². The largest absolute Gasteiger partial charge is 0.324 e. The van der Waals surface area contributed by atoms with Crippen LogP contribution in [0.15, 0.2) is 72.8 Å². The van der Waals surface area contributed by atoms with Crippen LogP contribution in [0.25, 0.3) is 0 Å². The van der Waals surface area contributed by atoms with Crippen molar-refractivity contribution in [1.82, 2.24) is 4.90 Å². The maximum absolute atomic E-state index is 14.0. The van der Waals surface area contributed by atoms with Crippen LogP contribution in [0, 0.1) is 5.82 Å². The molecule has 0 aliphatic carbocycles. The van der Waals surface area contributed by atoms with E-state index in [0.717, 1.165) is 12.1 Å². The molecule has 1 saturated heterocycles. The van der Waals surface area contributed by atoms with Crippen molar-refractivity contribution in [2.45, 2.75) is 13.0 Å². The van der Waals surface area contributed by atoms with Crippen molar-refractivity contribution in [2.75, 3.05) is 23.3 Å². The van der Waals surface area contributed by atoms with Gasteiger partial charge in [0.15, 0.2) is 0 Å². The molecule has 0 saturated carbocycles. The second kappa shape index (κ2) is 9.18. The molecule has 3 amide bonds. The number of amides is 3. The van der Waals surface area contributed by atoms with Gasteiger partial charge in [0.25, 0.3) is 5.91 Å². The first-order valence-electron chi connectivity index (χ1n) is 9.99. The maximum Gasteiger partial charge on any atom is 0.324 e. The molecule has 158 valence electrons. The number of urea groups is 1. The van der Waals surface area contributed by atoms with Gasteiger partial charge >= 0.3 is 6.03 Å². The molecular weight excluding hydrogens is 417 g/mol. The molecule has 7 heteroatoms. The van der Waals surface area contributed by atoms with Gasteiger partial charge in [-0.25, -0.2) is 9.18 Å². The number of anilines is 2. The lowest BCUT2D eigenvalue weighted by Crippen LogP contribution is -2.49. The van der Waals surface area contributed by atoms with Crippen molar-refractivity contribution in [3.8, 4) is 0 Å². The molecule has 1 aliphatic heterocycles. The Morgan fingerprint density at radius 2 is 1.68 bits per heavy atom. The molecular formula is C24H21ClFN3O2. The minimum Gasteiger partial charge on any atom is -0.322 e. The standard InChI is InChI=1S/C24H21ClFN3O2/c25-21-8-3-2-7-20(21)23(30)27-18-10-12-19(13-11-18)29-15-5-14-28(24(29)31)16-17-6-1-4-9-22(17)26/h1-4,6-13H,5,14-16H2,(H,27,30). The van der Waals surface area contributed by atoms with Crippen molar-refractivity contribution in [3.63, 3.8) is 0 Å². The van der Waals surface area contributed by atoms with Crippen molar-refractivity contribution >= 4 is 34.9 Å². The summed E-state index contributed by atoms with van der Waals surface area (Å²) in [4.78, 5) is 28.7. The second-order valence-corrected chi connectivity index (χ2v) is 7.69. The topological polar surface area (TPSA) is 52.7 Å². The second-order valence-electron chi connectivity index (χ2n) is 7.28. The highest BCUT2D eigenvalue weighted by Crippen LogP contribution is 2.24. The minimum absolute atomic E-state index is 0.164. The number of carbonyl (C=O) groups is 2. The Hall–Kier alpha value is -3.38. The Balaban J connectivity index is 1.44. The van der Waals surface area contributed by atoms with Crippen LogP contribution in [0.2, 0.25) is 5.02 Å². The van der Waals surface area contributed by atoms with E-state index in [1.807, 2.05) is 0 Å². The normalized spacial score (nSPS) is 13.9. The predicted octanol–water partition coefficient (Wildman–Crippen LogP) is 5.56. The Kier molecular flexibility index (Phi) is 6.18. The Morgan fingerprint density at radius 1 is 0.968 bits per heavy atom. The first-order chi connectivity index (χ1) is 15.0. The molecule has 0 spiro atoms. The summed E-state index contributed by atoms with van der Waals surface area (Å²) < 4.78 is 14.0. The van der Waals surface area contributed by atoms with E-state index in [9.17, 15) is 14.0 Å². The van der Waals surface area contributed by atoms with Crippen LogP contribution in [-0.2, 0) is 6.54 Å². The van der Waals surface area contributed by atoms with Crippen molar-refractivity contribution < 1.29 is 14.0 Å². The summed E-state index contributed by atoms with van der Waals surface area (Å²) >= 11 is 6.08. The zero-order chi connectivity index (χ0) is 21.8. The highest BCUT2D eigenvalue weighted by atomic mass is 35.5. The average molecular weight is 438 g/mol. The number of nitrogens with zero attached hydrogens (tertiary/aromatic N) is 2. The van der Waals surface area contributed by atoms with Crippen molar-refractivity contribution in [1.29, 1.82) is 0 Å². The van der Waals surface area contributed by atoms with E-state index in [2.05, 4.69) is 5.32 Å². The lowest BCUT2D eigenvalue weighted by Gasteiger charge is -2.35. The summed E-state index contributed by atoms with van der Waals surface area (Å²) in [5.41, 5.74) is 2.21. The Bertz CT molecular complexity index is 1100. The fraction of sp³-hybridized carbons (Fsp3) is 0.167. The van der Waals surface area contributed by atoms with Crippen LogP contribution in [0.4, 0.5) is 20.6 Å². The fourth-order valence-corrected chi connectivity index (χ4v) is 3.79. The van der Waals surface area contributed by atoms with Crippen molar-refractivity contribution in [2.24, 2.45) is 0 Å². The zero-order valence-electron chi connectivity index (χ0n) is 16.7. The number of hydrogen-bond acceptors (Lipinski definition) is 2. The van der Waals surface area contributed by atoms with E-state index >= 15 is 0 Å². The summed E-state index contributed by atoms with van der Waals surface area (Å²) in [6.07, 6.45) is 0.783. The maximum atomic E-state index is 14.0. The SMILES string of the molecule is O=C(Nc1ccc(N2CCCN(Cc3ccccc3F)C2=O)cc1)c1ccccc1Cl. The molecule has 3 aromatic carbocycles. The highest BCUT2D eigenvalue weighted by molar-refractivity contribution is 6.34. The molecule has 1 N–H and O–H groups in total. The zero-order valence-corrected chi connectivity index (χ0v) is 17.5. The van der Waals surface area contributed by atoms with E-state index < -0.39 is 0 Å². The minimum atomic E-state index is -0.314. The van der Waals surface area contributed by atoms with E-state index in [1.54, 1.807) is 76.5 Å². The number of benzene rings is 3. The molecule has 1 fully saturated rings. The van der Waals surface area contributed by atoms with Gasteiger partial charge in [-0.15, -0.1) is 0 Å². The quantitative estimate of drug-likeness (QED) is 0.567. The lowest BCUT2D eigenvalue weighted by atomic mass is 10.1. The van der Waals surface area contributed by atoms with Gasteiger partial charge in [0, 0.05) is 30.0 Å². The van der Waals surface area contributed by atoms with Gasteiger partial charge in [0.2, 0.25) is 0 Å². The summed E-state index contributed by atoms with van der Waals surface area (Å²) in [6.45, 7) is 1.39. The third-order valence-corrected chi connectivity index (χ3v) is 5.52. The molecule has 0 radical (unpaired) electrons. The summed E-state index contributed by atoms with van der Waals surface area (Å²) in [7, 11) is 0. The van der Waals surface area contributed by atoms with Crippen LogP contribution in [0.5, 0.6) is 0 Å². The van der Waals surface area contributed by atoms with Gasteiger partial charge in [-0.3, -0.25) is 9.69 Å². The summed E-state index contributed by atoms with van der Waals surface area (Å²) in [6, 6.07) is 20.2. The lowest BCUT2D eigenvalue weighted by molar-refractivity contribution is 0.102. The summed E-state index contributed by atoms with van der Waals surface area (Å²) in [5, 5.41) is 3.19. The third-order valence-electron chi connectivity index (χ3n) is 5.19. The smallest absolute Gasteiger partial charge is 0.322 e. The van der Waals surface area contributed by atoms with E-state index in [4.69, 9.17) is 11.6 Å². The van der Waals surface area contributed by atoms with Gasteiger partial charge in [-0.05, 0) is 48.9 Å². The van der Waals surface area contributed by atoms with Crippen molar-refractivity contribution in [3.05, 3.63) is 94.8 Å². The van der Waals surface area contributed by atoms with Crippen LogP contribution in [0.1, 0.15) is 22.3 Å². The Morgan fingerprint density at radius 3 is 2.42 bits per heavy atom. The molecule has 0 unspecified atom stereocenters. The van der Waals surface area contributed by atoms with Gasteiger partial charge < -0.3 is 10.2 Å². The van der Waals surface area contributed by atoms with Crippen LogP contribution < -0.4 is 10.2 Å². The number of rotatable bonds is 5. The Labute approximate surface area is 185 Å². The van der Waals surface area contributed by atoms with E-state index in [1.165, 1.54) is 6.07 Å². The first kappa shape index (κ1) is 20.9. The third kappa shape index (κ3) is 4.70. The molecule has 1 aliphatic rings. The first-order valence-corrected chi connectivity index (χ1v) is 10.4. The molecule has 31 heavy (non-hydrogen) atoms. The molecule has 0 aromatic heterocycles. The monoisotopic (exact) mass is 437 g/mol. The van der Waals surface area contributed by atoms with E-state index in [-0.39, 0.29) is 24.3 Å². The molecule has 1 heterocycles. The number of halogens is 2. The number of carbonyl (C=O) groups excluding carboxylic acids is 2. The summed E-state index contributed by atoms with van der Waals surface area (Å²) in [5.74, 6) is -0.616. The van der Waals surface area contributed by atoms with Gasteiger partial charge in [-0.1, -0.05) is 41.9 Å². The fourth-order valence-electron chi connectivity index (χ4n) is 3.57. The predicted molar refractivity (Wildman–Crippen MR) is 120 cm³/mol. The molecule has 3 aromatic rings. The molecule has 5 nitrogen and oxygen atoms in total. The van der Waals surface area contributed by atoms with Gasteiger partial charge in [0.1, 0.15) is 5.82 Å². The van der Waals surface area contributed by atoms with Crippen LogP contribution in [-0.4, -0.2) is 29.9 Å².